The Kier molecular flexibility index (Phi) is 52.0. The van der Waals surface area contributed by atoms with Crippen LogP contribution in [0.3, 0.4) is 0 Å². The highest BCUT2D eigenvalue weighted by Gasteiger charge is 2.39. The molecular weight excluding hydrogens is 1720 g/mol. The molecule has 726 valence electrons. The molecule has 130 heavy (non-hydrogen) atoms. The number of carbonyl (C=O) groups excluding carboxylic acids is 13. The van der Waals surface area contributed by atoms with Crippen molar-refractivity contribution in [3.63, 3.8) is 0 Å². The lowest BCUT2D eigenvalue weighted by atomic mass is 9.99. The Bertz CT molecular complexity index is 4200. The quantitative estimate of drug-likeness (QED) is 0.0112. The van der Waals surface area contributed by atoms with E-state index in [1.807, 2.05) is 18.2 Å². The molecule has 0 aliphatic carbocycles. The molecule has 46 heteroatoms. The zero-order valence-corrected chi connectivity index (χ0v) is 77.4. The second-order valence-corrected chi connectivity index (χ2v) is 34.2. The van der Waals surface area contributed by atoms with E-state index in [4.69, 9.17) is 61.8 Å². The summed E-state index contributed by atoms with van der Waals surface area (Å²) >= 11 is 8.84. The van der Waals surface area contributed by atoms with Gasteiger partial charge < -0.3 is 141 Å². The molecule has 1 aromatic heterocycles. The number of aromatic nitrogens is 1. The summed E-state index contributed by atoms with van der Waals surface area (Å²) in [6.45, 7) is 14.4. The smallest absolute Gasteiger partial charge is 0.326 e. The van der Waals surface area contributed by atoms with Crippen molar-refractivity contribution in [1.29, 1.82) is 21.6 Å². The molecule has 0 unspecified atom stereocenters. The molecule has 0 saturated heterocycles. The van der Waals surface area contributed by atoms with E-state index >= 15 is 0 Å². The number of guanidine groups is 4. The summed E-state index contributed by atoms with van der Waals surface area (Å²) in [5.41, 5.74) is 41.9. The number of thiol groups is 2. The van der Waals surface area contributed by atoms with Crippen LogP contribution < -0.4 is 131 Å². The van der Waals surface area contributed by atoms with Crippen molar-refractivity contribution in [3.05, 3.63) is 71.9 Å². The van der Waals surface area contributed by atoms with Gasteiger partial charge in [0, 0.05) is 67.6 Å². The van der Waals surface area contributed by atoms with Crippen molar-refractivity contribution in [2.24, 2.45) is 63.8 Å². The lowest BCUT2D eigenvalue weighted by Crippen LogP contribution is -2.62. The number of rotatable bonds is 63. The van der Waals surface area contributed by atoms with Crippen LogP contribution in [0.4, 0.5) is 0 Å². The van der Waals surface area contributed by atoms with Gasteiger partial charge in [-0.2, -0.15) is 25.3 Å². The molecule has 37 N–H and O–H groups in total. The third kappa shape index (κ3) is 42.6. The van der Waals surface area contributed by atoms with Gasteiger partial charge in [0.1, 0.15) is 78.5 Å². The molecule has 3 aromatic rings. The Morgan fingerprint density at radius 2 is 0.654 bits per heavy atom. The van der Waals surface area contributed by atoms with Crippen LogP contribution in [0.15, 0.2) is 60.8 Å². The molecule has 2 aromatic carbocycles. The fourth-order valence-electron chi connectivity index (χ4n) is 13.7. The monoisotopic (exact) mass is 1860 g/mol. The van der Waals surface area contributed by atoms with E-state index in [9.17, 15) is 72.2 Å². The molecule has 0 radical (unpaired) electrons. The number of hydrogen-bond acceptors (Lipinski definition) is 23. The summed E-state index contributed by atoms with van der Waals surface area (Å²) in [4.78, 5) is 204. The van der Waals surface area contributed by atoms with E-state index in [2.05, 4.69) is 121 Å². The van der Waals surface area contributed by atoms with Gasteiger partial charge in [-0.05, 0) is 157 Å². The summed E-state index contributed by atoms with van der Waals surface area (Å²) in [7, 11) is 0. The van der Waals surface area contributed by atoms with E-state index in [-0.39, 0.29) is 152 Å². The molecule has 0 saturated carbocycles. The Labute approximate surface area is 770 Å². The predicted octanol–water partition coefficient (Wildman–Crippen LogP) is -3.76. The fourth-order valence-corrected chi connectivity index (χ4v) is 14.2. The zero-order valence-electron chi connectivity index (χ0n) is 75.6. The molecule has 0 aliphatic rings. The molecule has 0 aliphatic heterocycles. The van der Waals surface area contributed by atoms with Gasteiger partial charge in [0.25, 0.3) is 0 Å². The highest BCUT2D eigenvalue weighted by atomic mass is 32.1. The molecule has 0 fully saturated rings. The largest absolute Gasteiger partial charge is 0.480 e. The highest BCUT2D eigenvalue weighted by molar-refractivity contribution is 7.80. The van der Waals surface area contributed by atoms with Gasteiger partial charge in [-0.15, -0.1) is 0 Å². The van der Waals surface area contributed by atoms with Crippen molar-refractivity contribution in [2.75, 3.05) is 50.8 Å². The molecule has 0 bridgehead atoms. The number of benzene rings is 2. The van der Waals surface area contributed by atoms with Crippen molar-refractivity contribution in [3.8, 4) is 0 Å². The number of amides is 13. The number of fused-ring (bicyclic) bond motifs is 1. The van der Waals surface area contributed by atoms with Gasteiger partial charge in [0.2, 0.25) is 76.8 Å². The normalized spacial score (nSPS) is 14.5. The number of nitrogens with one attached hydrogen (secondary N) is 22. The Balaban J connectivity index is 1.98. The first kappa shape index (κ1) is 112. The minimum atomic E-state index is -1.54. The van der Waals surface area contributed by atoms with E-state index in [1.54, 1.807) is 98.0 Å². The number of carboxylic acids is 1. The minimum Gasteiger partial charge on any atom is -0.480 e. The molecule has 13 amide bonds. The second kappa shape index (κ2) is 60.2. The number of aromatic amines is 1. The number of para-hydroxylation sites is 1. The summed E-state index contributed by atoms with van der Waals surface area (Å²) < 4.78 is 0. The first-order valence-electron chi connectivity index (χ1n) is 44.0. The first-order valence-corrected chi connectivity index (χ1v) is 45.3. The predicted molar refractivity (Wildman–Crippen MR) is 502 cm³/mol. The van der Waals surface area contributed by atoms with Gasteiger partial charge in [0.15, 0.2) is 23.8 Å². The maximum atomic E-state index is 14.9. The Morgan fingerprint density at radius 1 is 0.354 bits per heavy atom. The van der Waals surface area contributed by atoms with E-state index < -0.39 is 197 Å². The molecule has 14 atom stereocenters. The summed E-state index contributed by atoms with van der Waals surface area (Å²) in [5, 5.41) is 86.7. The Hall–Kier alpha value is -11.8. The van der Waals surface area contributed by atoms with Crippen LogP contribution in [0.1, 0.15) is 169 Å². The van der Waals surface area contributed by atoms with Gasteiger partial charge in [-0.25, -0.2) is 4.79 Å². The van der Waals surface area contributed by atoms with Crippen LogP contribution in [0.2, 0.25) is 0 Å². The maximum Gasteiger partial charge on any atom is 0.326 e. The van der Waals surface area contributed by atoms with E-state index in [1.165, 1.54) is 0 Å². The van der Waals surface area contributed by atoms with Gasteiger partial charge in [0.05, 0.1) is 6.04 Å². The zero-order chi connectivity index (χ0) is 97.3. The van der Waals surface area contributed by atoms with E-state index in [0.29, 0.717) is 43.2 Å². The van der Waals surface area contributed by atoms with Crippen LogP contribution in [0, 0.1) is 45.3 Å². The van der Waals surface area contributed by atoms with Gasteiger partial charge in [-0.1, -0.05) is 104 Å². The topological polar surface area (TPSA) is 757 Å². The standard InChI is InChI=1S/C84H143N29O15S2/c1-45(2)38-59(73(120)110-63(43-129)77(124)105-57(30-20-36-98-83(92)93)70(117)103-56(29-19-35-97-82(90)91)69(116)101-54(27-14-16-32-85)68(115)102-55(28-15-17-33-86)72(119)113-66(48(7)8)80(127)128)108-74(121)61(40-49-22-10-9-11-23-49)109-78(125)64(44-130)111-79(126)65(47(5)6)112-76(123)60(39-46(3)4)107-71(118)58(31-21-37-99-84(94)95)104-75(122)62(41-50-42-100-53-26-13-12-24-51(50)53)106-67(114)52(87)25-18-34-96-81(88)89/h9-13,22-24,26,42,45-48,52,54-66,100,129-130H,14-21,25,27-41,43-44,85-87H2,1-8H3,(H,101,116)(H,102,115)(H,103,117)(H,104,122)(H,105,124)(H,106,114)(H,107,118)(H,108,121)(H,109,125)(H,110,120)(H,111,126)(H,112,123)(H,113,119)(H,127,128)(H4,88,89,96)(H4,90,91,97)(H4,92,93,98)(H4,94,95,99)/t52-,54-,55-,56-,57-,58-,59-,60-,61-,62-,63-,64-,65-,66-/m0/s1. The van der Waals surface area contributed by atoms with Crippen molar-refractivity contribution in [2.45, 2.75) is 256 Å². The van der Waals surface area contributed by atoms with Crippen molar-refractivity contribution >= 4 is 143 Å². The first-order chi connectivity index (χ1) is 61.5. The number of H-pyrrole nitrogens is 1. The van der Waals surface area contributed by atoms with Crippen LogP contribution in [0.5, 0.6) is 0 Å². The number of unbranched alkanes of at least 4 members (excludes halogenated alkanes) is 2. The number of aliphatic carboxylic acids is 1. The number of carboxylic acid groups (broad SMARTS) is 1. The lowest BCUT2D eigenvalue weighted by Gasteiger charge is -2.29. The lowest BCUT2D eigenvalue weighted by molar-refractivity contribution is -0.143. The second-order valence-electron chi connectivity index (χ2n) is 33.5. The molecular formula is C84H143N29O15S2. The number of carbonyl (C=O) groups is 14. The average molecular weight is 1860 g/mol. The molecule has 3 rings (SSSR count). The number of hydrogen-bond donors (Lipinski definition) is 32. The number of nitrogens with two attached hydrogens (primary N) is 7. The van der Waals surface area contributed by atoms with Crippen molar-refractivity contribution in [1.82, 2.24) is 95.4 Å². The van der Waals surface area contributed by atoms with Crippen LogP contribution in [-0.4, -0.2) is 252 Å². The fraction of sp³-hybridized carbons (Fsp3) is 0.619. The summed E-state index contributed by atoms with van der Waals surface area (Å²) in [5.74, 6) is -16.5. The summed E-state index contributed by atoms with van der Waals surface area (Å²) in [6.07, 6.45) is 3.31. The van der Waals surface area contributed by atoms with Crippen molar-refractivity contribution < 1.29 is 72.2 Å². The molecule has 0 spiro atoms. The minimum absolute atomic E-state index is 0.00385. The molecule has 44 nitrogen and oxygen atoms in total. The van der Waals surface area contributed by atoms with Gasteiger partial charge >= 0.3 is 5.97 Å². The summed E-state index contributed by atoms with van der Waals surface area (Å²) in [6, 6.07) is -3.69. The average Bonchev–Trinajstić information content (AvgIpc) is 1.65. The maximum absolute atomic E-state index is 14.9. The van der Waals surface area contributed by atoms with Crippen LogP contribution in [-0.2, 0) is 80.0 Å². The third-order valence-electron chi connectivity index (χ3n) is 20.8. The highest BCUT2D eigenvalue weighted by Crippen LogP contribution is 2.21. The van der Waals surface area contributed by atoms with Crippen LogP contribution >= 0.6 is 25.3 Å². The SMILES string of the molecule is CC(C)C[C@H](NC(=O)[C@H](Cc1ccccc1)NC(=O)[C@H](CS)NC(=O)[C@@H](NC(=O)[C@H](CC(C)C)NC(=O)[C@H](CCCNC(=N)N)NC(=O)[C@H](Cc1c[nH]c2ccccc12)NC(=O)[C@@H](N)CCCNC(=N)N)C(C)C)C(=O)N[C@@H](CS)C(=O)N[C@@H](CCCNC(=N)N)C(=O)N[C@@H](CCCNC(=N)N)C(=O)N[C@@H](CCCCN)C(=O)N[C@@H](CCCCN)C(=O)N[C@H](C(=O)O)C(C)C. The Morgan fingerprint density at radius 3 is 1.03 bits per heavy atom. The van der Waals surface area contributed by atoms with E-state index in [0.717, 1.165) is 10.9 Å². The third-order valence-corrected chi connectivity index (χ3v) is 21.5. The molecule has 1 heterocycles. The van der Waals surface area contributed by atoms with Gasteiger partial charge in [-0.3, -0.25) is 84.0 Å². The van der Waals surface area contributed by atoms with Crippen LogP contribution in [0.25, 0.3) is 10.9 Å².